The second-order valence-electron chi connectivity index (χ2n) is 3.84. The highest BCUT2D eigenvalue weighted by molar-refractivity contribution is 5.89. The van der Waals surface area contributed by atoms with Crippen molar-refractivity contribution in [2.45, 2.75) is 13.8 Å². The molecule has 1 rings (SSSR count). The van der Waals surface area contributed by atoms with Crippen molar-refractivity contribution in [3.05, 3.63) is 36.9 Å². The number of hydrogen-bond acceptors (Lipinski definition) is 2. The van der Waals surface area contributed by atoms with E-state index in [-0.39, 0.29) is 6.03 Å². The molecule has 98 valence electrons. The van der Waals surface area contributed by atoms with Gasteiger partial charge in [0.05, 0.1) is 0 Å². The molecule has 2 N–H and O–H groups in total. The summed E-state index contributed by atoms with van der Waals surface area (Å²) in [5, 5.41) is 5.42. The van der Waals surface area contributed by atoms with Crippen LogP contribution in [0.1, 0.15) is 13.8 Å². The highest BCUT2D eigenvalue weighted by atomic mass is 16.2. The van der Waals surface area contributed by atoms with Crippen molar-refractivity contribution in [2.24, 2.45) is 0 Å². The molecule has 0 fully saturated rings. The highest BCUT2D eigenvalue weighted by Crippen LogP contribution is 2.17. The van der Waals surface area contributed by atoms with Gasteiger partial charge in [-0.15, -0.1) is 6.58 Å². The molecule has 1 aromatic rings. The van der Waals surface area contributed by atoms with E-state index in [2.05, 4.69) is 36.0 Å². The van der Waals surface area contributed by atoms with Gasteiger partial charge in [0.15, 0.2) is 0 Å². The quantitative estimate of drug-likeness (QED) is 0.759. The minimum atomic E-state index is -0.217. The average molecular weight is 247 g/mol. The lowest BCUT2D eigenvalue weighted by Crippen LogP contribution is -2.28. The number of nitrogens with zero attached hydrogens (tertiary/aromatic N) is 1. The first-order valence-electron chi connectivity index (χ1n) is 6.22. The molecule has 4 nitrogen and oxygen atoms in total. The van der Waals surface area contributed by atoms with Gasteiger partial charge < -0.3 is 15.5 Å². The second kappa shape index (κ2) is 7.37. The summed E-state index contributed by atoms with van der Waals surface area (Å²) in [5.41, 5.74) is 1.95. The molecular formula is C14H21N3O. The van der Waals surface area contributed by atoms with Crippen molar-refractivity contribution in [3.63, 3.8) is 0 Å². The molecule has 0 bridgehead atoms. The number of carbonyl (C=O) groups is 1. The minimum absolute atomic E-state index is 0.217. The molecule has 0 spiro atoms. The van der Waals surface area contributed by atoms with E-state index in [4.69, 9.17) is 0 Å². The molecule has 2 amide bonds. The van der Waals surface area contributed by atoms with E-state index in [9.17, 15) is 4.79 Å². The Kier molecular flexibility index (Phi) is 5.77. The van der Waals surface area contributed by atoms with Gasteiger partial charge in [0.1, 0.15) is 0 Å². The Hall–Kier alpha value is -1.97. The van der Waals surface area contributed by atoms with E-state index < -0.39 is 0 Å². The zero-order chi connectivity index (χ0) is 13.4. The molecule has 0 aromatic heterocycles. The van der Waals surface area contributed by atoms with Crippen molar-refractivity contribution in [1.29, 1.82) is 0 Å². The van der Waals surface area contributed by atoms with E-state index in [1.807, 2.05) is 24.3 Å². The highest BCUT2D eigenvalue weighted by Gasteiger charge is 2.03. The standard InChI is InChI=1S/C14H21N3O/c1-4-11-15-14(18)16-12-7-9-13(10-8-12)17(5-2)6-3/h4,7-10H,1,5-6,11H2,2-3H3,(H2,15,16,18). The molecule has 0 aliphatic rings. The van der Waals surface area contributed by atoms with Crippen LogP contribution in [0, 0.1) is 0 Å². The predicted octanol–water partition coefficient (Wildman–Crippen LogP) is 2.84. The van der Waals surface area contributed by atoms with Crippen LogP contribution in [0.25, 0.3) is 0 Å². The van der Waals surface area contributed by atoms with Gasteiger partial charge in [-0.2, -0.15) is 0 Å². The van der Waals surface area contributed by atoms with E-state index in [0.29, 0.717) is 6.54 Å². The molecular weight excluding hydrogens is 226 g/mol. The van der Waals surface area contributed by atoms with Crippen LogP contribution in [0.5, 0.6) is 0 Å². The molecule has 0 aliphatic heterocycles. The Morgan fingerprint density at radius 1 is 1.28 bits per heavy atom. The molecule has 4 heteroatoms. The van der Waals surface area contributed by atoms with Crippen molar-refractivity contribution < 1.29 is 4.79 Å². The number of urea groups is 1. The number of nitrogens with one attached hydrogen (secondary N) is 2. The third-order valence-electron chi connectivity index (χ3n) is 2.66. The van der Waals surface area contributed by atoms with Gasteiger partial charge in [0, 0.05) is 31.0 Å². The maximum atomic E-state index is 11.4. The second-order valence-corrected chi connectivity index (χ2v) is 3.84. The van der Waals surface area contributed by atoms with E-state index in [1.54, 1.807) is 6.08 Å². The Morgan fingerprint density at radius 2 is 1.89 bits per heavy atom. The molecule has 0 heterocycles. The summed E-state index contributed by atoms with van der Waals surface area (Å²) in [7, 11) is 0. The van der Waals surface area contributed by atoms with E-state index >= 15 is 0 Å². The zero-order valence-electron chi connectivity index (χ0n) is 11.1. The minimum Gasteiger partial charge on any atom is -0.372 e. The third kappa shape index (κ3) is 4.13. The van der Waals surface area contributed by atoms with E-state index in [0.717, 1.165) is 24.5 Å². The van der Waals surface area contributed by atoms with Gasteiger partial charge >= 0.3 is 6.03 Å². The van der Waals surface area contributed by atoms with Gasteiger partial charge in [0.25, 0.3) is 0 Å². The fourth-order valence-corrected chi connectivity index (χ4v) is 1.68. The number of anilines is 2. The number of hydrogen-bond donors (Lipinski definition) is 2. The Bertz CT molecular complexity index is 383. The third-order valence-corrected chi connectivity index (χ3v) is 2.66. The van der Waals surface area contributed by atoms with Crippen LogP contribution in [0.15, 0.2) is 36.9 Å². The first-order valence-corrected chi connectivity index (χ1v) is 6.22. The summed E-state index contributed by atoms with van der Waals surface area (Å²) in [6, 6.07) is 7.61. The summed E-state index contributed by atoms with van der Waals surface area (Å²) >= 11 is 0. The monoisotopic (exact) mass is 247 g/mol. The van der Waals surface area contributed by atoms with Crippen LogP contribution in [0.2, 0.25) is 0 Å². The van der Waals surface area contributed by atoms with Crippen LogP contribution in [-0.4, -0.2) is 25.7 Å². The molecule has 0 radical (unpaired) electrons. The number of carbonyl (C=O) groups excluding carboxylic acids is 1. The van der Waals surface area contributed by atoms with Crippen LogP contribution < -0.4 is 15.5 Å². The average Bonchev–Trinajstić information content (AvgIpc) is 2.40. The maximum Gasteiger partial charge on any atom is 0.319 e. The normalized spacial score (nSPS) is 9.67. The van der Waals surface area contributed by atoms with Crippen LogP contribution >= 0.6 is 0 Å². The molecule has 0 unspecified atom stereocenters. The largest absolute Gasteiger partial charge is 0.372 e. The molecule has 0 saturated heterocycles. The number of benzene rings is 1. The van der Waals surface area contributed by atoms with Crippen molar-refractivity contribution in [1.82, 2.24) is 5.32 Å². The number of amides is 2. The van der Waals surface area contributed by atoms with Gasteiger partial charge in [-0.25, -0.2) is 4.79 Å². The molecule has 0 saturated carbocycles. The van der Waals surface area contributed by atoms with Gasteiger partial charge in [-0.05, 0) is 38.1 Å². The smallest absolute Gasteiger partial charge is 0.319 e. The first kappa shape index (κ1) is 14.1. The summed E-state index contributed by atoms with van der Waals surface area (Å²) in [6.07, 6.45) is 1.64. The maximum absolute atomic E-state index is 11.4. The summed E-state index contributed by atoms with van der Waals surface area (Å²) < 4.78 is 0. The molecule has 0 aliphatic carbocycles. The van der Waals surface area contributed by atoms with Crippen molar-refractivity contribution in [2.75, 3.05) is 29.9 Å². The van der Waals surface area contributed by atoms with Gasteiger partial charge in [-0.1, -0.05) is 6.08 Å². The number of rotatable bonds is 6. The van der Waals surface area contributed by atoms with Crippen molar-refractivity contribution in [3.8, 4) is 0 Å². The fourth-order valence-electron chi connectivity index (χ4n) is 1.68. The van der Waals surface area contributed by atoms with Crippen molar-refractivity contribution >= 4 is 17.4 Å². The fraction of sp³-hybridized carbons (Fsp3) is 0.357. The Morgan fingerprint density at radius 3 is 2.39 bits per heavy atom. The van der Waals surface area contributed by atoms with E-state index in [1.165, 1.54) is 0 Å². The summed E-state index contributed by atoms with van der Waals surface area (Å²) in [6.45, 7) is 10.2. The SMILES string of the molecule is C=CCNC(=O)Nc1ccc(N(CC)CC)cc1. The first-order chi connectivity index (χ1) is 8.71. The Labute approximate surface area is 109 Å². The predicted molar refractivity (Wildman–Crippen MR) is 77.2 cm³/mol. The van der Waals surface area contributed by atoms with Crippen LogP contribution in [0.3, 0.4) is 0 Å². The van der Waals surface area contributed by atoms with Crippen LogP contribution in [0.4, 0.5) is 16.2 Å². The molecule has 1 aromatic carbocycles. The summed E-state index contributed by atoms with van der Waals surface area (Å²) in [5.74, 6) is 0. The zero-order valence-corrected chi connectivity index (χ0v) is 11.1. The lowest BCUT2D eigenvalue weighted by atomic mass is 10.2. The summed E-state index contributed by atoms with van der Waals surface area (Å²) in [4.78, 5) is 13.7. The molecule has 18 heavy (non-hydrogen) atoms. The topological polar surface area (TPSA) is 44.4 Å². The van der Waals surface area contributed by atoms with Gasteiger partial charge in [0.2, 0.25) is 0 Å². The van der Waals surface area contributed by atoms with Crippen LogP contribution in [-0.2, 0) is 0 Å². The van der Waals surface area contributed by atoms with Gasteiger partial charge in [-0.3, -0.25) is 0 Å². The molecule has 0 atom stereocenters. The lowest BCUT2D eigenvalue weighted by molar-refractivity contribution is 0.253. The lowest BCUT2D eigenvalue weighted by Gasteiger charge is -2.21. The Balaban J connectivity index is 2.59.